The highest BCUT2D eigenvalue weighted by Crippen LogP contribution is 2.28. The highest BCUT2D eigenvalue weighted by atomic mass is 19.1. The van der Waals surface area contributed by atoms with Gasteiger partial charge in [0.25, 0.3) is 5.56 Å². The molecule has 1 fully saturated rings. The van der Waals surface area contributed by atoms with Gasteiger partial charge >= 0.3 is 6.03 Å². The van der Waals surface area contributed by atoms with Crippen LogP contribution in [0.4, 0.5) is 14.9 Å². The standard InChI is InChI=1S/C27H33FN8O4/c1-27(2,3)21(29)15-22(30-8-9-36-10-12-39-13-11-36)34-26(38)33-19-5-4-17(14-18(19)28)40-20-6-7-31-25-24(20)32-16-23(37)35-25/h4-7,14-16H,8-13,29H2,1-3H3,(H,31,35,37)(H2,30,33,34,38)/b21-15-. The number of hydrogen-bond acceptors (Lipinski definition) is 9. The van der Waals surface area contributed by atoms with Gasteiger partial charge in [-0.25, -0.2) is 19.2 Å². The minimum absolute atomic E-state index is 0.0627. The number of nitrogens with two attached hydrogens (primary N) is 1. The molecule has 212 valence electrons. The van der Waals surface area contributed by atoms with Gasteiger partial charge in [-0.15, -0.1) is 0 Å². The van der Waals surface area contributed by atoms with Crippen molar-refractivity contribution in [3.05, 3.63) is 64.6 Å². The number of nitrogens with one attached hydrogen (secondary N) is 3. The van der Waals surface area contributed by atoms with E-state index in [-0.39, 0.29) is 34.1 Å². The summed E-state index contributed by atoms with van der Waals surface area (Å²) in [6, 6.07) is 4.86. The number of benzene rings is 1. The van der Waals surface area contributed by atoms with E-state index in [9.17, 15) is 14.0 Å². The van der Waals surface area contributed by atoms with Crippen LogP contribution in [-0.2, 0) is 4.74 Å². The Balaban J connectivity index is 1.44. The molecule has 13 heteroatoms. The van der Waals surface area contributed by atoms with Gasteiger partial charge in [-0.3, -0.25) is 20.0 Å². The van der Waals surface area contributed by atoms with E-state index in [2.05, 4.69) is 35.5 Å². The molecule has 0 radical (unpaired) electrons. The molecule has 40 heavy (non-hydrogen) atoms. The molecule has 3 heterocycles. The largest absolute Gasteiger partial charge is 0.455 e. The van der Waals surface area contributed by atoms with E-state index in [1.54, 1.807) is 12.1 Å². The summed E-state index contributed by atoms with van der Waals surface area (Å²) in [6.07, 6.45) is 4.16. The zero-order chi connectivity index (χ0) is 28.7. The number of hydrogen-bond donors (Lipinski definition) is 4. The third kappa shape index (κ3) is 7.83. The van der Waals surface area contributed by atoms with E-state index in [1.807, 2.05) is 20.8 Å². The molecule has 4 rings (SSSR count). The number of aliphatic imine (C=N–C) groups is 1. The molecule has 0 bridgehead atoms. The number of nitrogens with zero attached hydrogens (tertiary/aromatic N) is 4. The number of fused-ring (bicyclic) bond motifs is 1. The second kappa shape index (κ2) is 12.7. The molecule has 1 aliphatic rings. The number of aromatic amines is 1. The molecular formula is C27H33FN8O4. The lowest BCUT2D eigenvalue weighted by molar-refractivity contribution is 0.0394. The Morgan fingerprint density at radius 2 is 2.05 bits per heavy atom. The number of anilines is 1. The molecule has 1 saturated heterocycles. The van der Waals surface area contributed by atoms with Crippen molar-refractivity contribution in [2.75, 3.05) is 44.7 Å². The van der Waals surface area contributed by atoms with Gasteiger partial charge in [0.1, 0.15) is 22.9 Å². The number of carbonyl (C=O) groups excluding carboxylic acids is 1. The van der Waals surface area contributed by atoms with Crippen LogP contribution in [0.3, 0.4) is 0 Å². The van der Waals surface area contributed by atoms with Crippen LogP contribution in [0.2, 0.25) is 0 Å². The molecule has 3 aromatic rings. The fourth-order valence-electron chi connectivity index (χ4n) is 3.69. The second-order valence-electron chi connectivity index (χ2n) is 10.1. The number of amides is 2. The average Bonchev–Trinajstić information content (AvgIpc) is 2.90. The number of morpholine rings is 1. The van der Waals surface area contributed by atoms with Crippen LogP contribution < -0.4 is 26.7 Å². The molecule has 12 nitrogen and oxygen atoms in total. The van der Waals surface area contributed by atoms with Gasteiger partial charge in [0.15, 0.2) is 11.4 Å². The van der Waals surface area contributed by atoms with Crippen LogP contribution in [0.1, 0.15) is 20.8 Å². The smallest absolute Gasteiger partial charge is 0.324 e. The van der Waals surface area contributed by atoms with E-state index in [0.717, 1.165) is 25.4 Å². The average molecular weight is 553 g/mol. The summed E-state index contributed by atoms with van der Waals surface area (Å²) < 4.78 is 26.0. The SMILES string of the molecule is CC(C)(C)/C(N)=C/C(=NCCN1CCOCC1)NC(=O)Nc1ccc(Oc2ccnc3[nH]c(=O)cnc23)cc1F. The monoisotopic (exact) mass is 552 g/mol. The lowest BCUT2D eigenvalue weighted by Gasteiger charge is -2.25. The van der Waals surface area contributed by atoms with Crippen LogP contribution in [0.25, 0.3) is 11.2 Å². The van der Waals surface area contributed by atoms with Gasteiger partial charge in [0, 0.05) is 49.1 Å². The molecule has 1 aliphatic heterocycles. The van der Waals surface area contributed by atoms with Crippen LogP contribution in [0.5, 0.6) is 11.5 Å². The molecular weight excluding hydrogens is 519 g/mol. The molecule has 0 aliphatic carbocycles. The molecule has 1 aromatic carbocycles. The van der Waals surface area contributed by atoms with Crippen LogP contribution >= 0.6 is 0 Å². The number of carbonyl (C=O) groups is 1. The number of halogens is 1. The predicted molar refractivity (Wildman–Crippen MR) is 150 cm³/mol. The topological polar surface area (TPSA) is 160 Å². The predicted octanol–water partition coefficient (Wildman–Crippen LogP) is 2.99. The van der Waals surface area contributed by atoms with Gasteiger partial charge < -0.3 is 25.5 Å². The maximum atomic E-state index is 14.9. The zero-order valence-electron chi connectivity index (χ0n) is 22.7. The normalized spacial score (nSPS) is 15.2. The summed E-state index contributed by atoms with van der Waals surface area (Å²) in [4.78, 5) is 41.7. The first kappa shape index (κ1) is 28.6. The van der Waals surface area contributed by atoms with Crippen LogP contribution in [0, 0.1) is 11.2 Å². The summed E-state index contributed by atoms with van der Waals surface area (Å²) >= 11 is 0. The van der Waals surface area contributed by atoms with Crippen molar-refractivity contribution in [3.8, 4) is 11.5 Å². The van der Waals surface area contributed by atoms with Gasteiger partial charge in [-0.05, 0) is 18.2 Å². The molecule has 0 unspecified atom stereocenters. The summed E-state index contributed by atoms with van der Waals surface area (Å²) in [5, 5.41) is 5.17. The van der Waals surface area contributed by atoms with E-state index in [0.29, 0.717) is 37.5 Å². The molecule has 2 amide bonds. The number of urea groups is 1. The summed E-state index contributed by atoms with van der Waals surface area (Å²) in [6.45, 7) is 10.0. The molecule has 0 spiro atoms. The van der Waals surface area contributed by atoms with Crippen molar-refractivity contribution in [2.24, 2.45) is 16.1 Å². The fraction of sp³-hybridized carbons (Fsp3) is 0.370. The van der Waals surface area contributed by atoms with Crippen molar-refractivity contribution in [1.82, 2.24) is 25.2 Å². The number of allylic oxidation sites excluding steroid dienone is 1. The molecule has 0 saturated carbocycles. The van der Waals surface area contributed by atoms with Crippen LogP contribution in [-0.4, -0.2) is 71.1 Å². The minimum atomic E-state index is -0.720. The second-order valence-corrected chi connectivity index (χ2v) is 10.1. The van der Waals surface area contributed by atoms with Gasteiger partial charge in [-0.1, -0.05) is 20.8 Å². The van der Waals surface area contributed by atoms with E-state index in [1.165, 1.54) is 18.3 Å². The molecule has 5 N–H and O–H groups in total. The van der Waals surface area contributed by atoms with Crippen molar-refractivity contribution in [2.45, 2.75) is 20.8 Å². The third-order valence-corrected chi connectivity index (χ3v) is 6.06. The van der Waals surface area contributed by atoms with E-state index >= 15 is 0 Å². The third-order valence-electron chi connectivity index (χ3n) is 6.06. The number of pyridine rings is 1. The van der Waals surface area contributed by atoms with Gasteiger partial charge in [0.05, 0.1) is 31.6 Å². The van der Waals surface area contributed by atoms with Crippen molar-refractivity contribution in [1.29, 1.82) is 0 Å². The van der Waals surface area contributed by atoms with Gasteiger partial charge in [-0.2, -0.15) is 0 Å². The van der Waals surface area contributed by atoms with Gasteiger partial charge in [0.2, 0.25) is 0 Å². The van der Waals surface area contributed by atoms with E-state index in [4.69, 9.17) is 15.2 Å². The first-order valence-corrected chi connectivity index (χ1v) is 12.8. The number of H-pyrrole nitrogens is 1. The Morgan fingerprint density at radius 1 is 1.27 bits per heavy atom. The first-order valence-electron chi connectivity index (χ1n) is 12.8. The summed E-state index contributed by atoms with van der Waals surface area (Å²) in [5.74, 6) is -0.00736. The summed E-state index contributed by atoms with van der Waals surface area (Å²) in [7, 11) is 0. The lowest BCUT2D eigenvalue weighted by atomic mass is 9.92. The van der Waals surface area contributed by atoms with Crippen molar-refractivity contribution >= 4 is 28.7 Å². The Bertz CT molecular complexity index is 1480. The van der Waals surface area contributed by atoms with Crippen molar-refractivity contribution < 1.29 is 18.7 Å². The summed E-state index contributed by atoms with van der Waals surface area (Å²) in [5.41, 5.74) is 6.51. The number of aromatic nitrogens is 3. The Kier molecular flexibility index (Phi) is 9.07. The fourth-order valence-corrected chi connectivity index (χ4v) is 3.69. The quantitative estimate of drug-likeness (QED) is 0.257. The Hall–Kier alpha value is -4.36. The number of amidine groups is 1. The zero-order valence-corrected chi connectivity index (χ0v) is 22.7. The molecule has 2 aromatic heterocycles. The lowest BCUT2D eigenvalue weighted by Crippen LogP contribution is -2.38. The van der Waals surface area contributed by atoms with Crippen molar-refractivity contribution in [3.63, 3.8) is 0 Å². The highest BCUT2D eigenvalue weighted by Gasteiger charge is 2.17. The van der Waals surface area contributed by atoms with E-state index < -0.39 is 17.4 Å². The Labute approximate surface area is 230 Å². The highest BCUT2D eigenvalue weighted by molar-refractivity contribution is 6.08. The Morgan fingerprint density at radius 3 is 2.77 bits per heavy atom. The maximum absolute atomic E-state index is 14.9. The maximum Gasteiger partial charge on any atom is 0.324 e. The number of rotatable bonds is 7. The van der Waals surface area contributed by atoms with Crippen LogP contribution in [0.15, 0.2) is 58.2 Å². The minimum Gasteiger partial charge on any atom is -0.455 e. The number of ether oxygens (including phenoxy) is 2. The first-order chi connectivity index (χ1) is 19.1. The molecule has 0 atom stereocenters.